The maximum atomic E-state index is 4.97. The van der Waals surface area contributed by atoms with E-state index in [-0.39, 0.29) is 31.9 Å². The van der Waals surface area contributed by atoms with Gasteiger partial charge in [0, 0.05) is 56.4 Å². The van der Waals surface area contributed by atoms with Gasteiger partial charge in [-0.1, -0.05) is 131 Å². The van der Waals surface area contributed by atoms with Crippen molar-refractivity contribution in [2.24, 2.45) is 0 Å². The number of pyridine rings is 1. The van der Waals surface area contributed by atoms with E-state index in [4.69, 9.17) is 4.98 Å². The predicted octanol–water partition coefficient (Wildman–Crippen LogP) is 13.1. The summed E-state index contributed by atoms with van der Waals surface area (Å²) in [6, 6.07) is 59.6. The van der Waals surface area contributed by atoms with E-state index in [9.17, 15) is 0 Å². The summed E-state index contributed by atoms with van der Waals surface area (Å²) >= 11 is 0. The first-order valence-electron chi connectivity index (χ1n) is 19.4. The van der Waals surface area contributed by atoms with E-state index in [1.807, 2.05) is 6.20 Å². The fraction of sp³-hybridized carbons (Fsp3) is 0.176. The molecule has 9 rings (SSSR count). The Bertz CT molecular complexity index is 2690. The van der Waals surface area contributed by atoms with E-state index >= 15 is 0 Å². The van der Waals surface area contributed by atoms with Crippen molar-refractivity contribution < 1.29 is 21.1 Å². The minimum Gasteiger partial charge on any atom is -0.498 e. The van der Waals surface area contributed by atoms with Gasteiger partial charge in [-0.2, -0.15) is 18.8 Å². The number of hydrogen-bond acceptors (Lipinski definition) is 4. The number of anilines is 6. The zero-order chi connectivity index (χ0) is 38.6. The summed E-state index contributed by atoms with van der Waals surface area (Å²) in [4.78, 5) is 11.8. The van der Waals surface area contributed by atoms with Crippen LogP contribution in [0.5, 0.6) is 0 Å². The van der Waals surface area contributed by atoms with Gasteiger partial charge >= 0.3 is 0 Å². The fourth-order valence-electron chi connectivity index (χ4n) is 7.75. The summed E-state index contributed by atoms with van der Waals surface area (Å²) in [5.41, 5.74) is 12.0. The van der Waals surface area contributed by atoms with Gasteiger partial charge in [0.2, 0.25) is 0 Å². The molecule has 6 aromatic carbocycles. The molecule has 1 aliphatic rings. The number of nitrogens with zero attached hydrogens (tertiary/aromatic N) is 5. The molecule has 0 fully saturated rings. The van der Waals surface area contributed by atoms with Crippen molar-refractivity contribution in [2.45, 2.75) is 58.9 Å². The van der Waals surface area contributed by atoms with E-state index < -0.39 is 0 Å². The van der Waals surface area contributed by atoms with Crippen molar-refractivity contribution in [1.82, 2.24) is 9.55 Å². The Morgan fingerprint density at radius 3 is 2.02 bits per heavy atom. The number of fused-ring (bicyclic) bond motifs is 4. The van der Waals surface area contributed by atoms with Crippen molar-refractivity contribution in [3.8, 4) is 5.82 Å². The fourth-order valence-corrected chi connectivity index (χ4v) is 7.75. The van der Waals surface area contributed by atoms with Crippen molar-refractivity contribution >= 4 is 55.9 Å². The molecule has 6 heteroatoms. The molecule has 0 saturated heterocycles. The van der Waals surface area contributed by atoms with Crippen LogP contribution in [0.25, 0.3) is 27.6 Å². The maximum Gasteiger partial charge on any atom is 0.135 e. The second-order valence-corrected chi connectivity index (χ2v) is 16.8. The smallest absolute Gasteiger partial charge is 0.135 e. The molecule has 0 bridgehead atoms. The van der Waals surface area contributed by atoms with Crippen LogP contribution in [-0.2, 0) is 38.4 Å². The van der Waals surface area contributed by atoms with Crippen LogP contribution in [0, 0.1) is 18.8 Å². The quantitative estimate of drug-likeness (QED) is 0.149. The molecular weight excluding hydrogens is 878 g/mol. The first-order valence-corrected chi connectivity index (χ1v) is 19.4. The number of para-hydroxylation sites is 3. The zero-order valence-corrected chi connectivity index (χ0v) is 35.5. The first kappa shape index (κ1) is 38.2. The molecule has 5 nitrogen and oxygen atoms in total. The molecule has 0 unspecified atom stereocenters. The SMILES string of the molecule is CC(C)(C)c1ccnc(-n2c3[c-]c(N(c4[c-]c(N5[CH-]N(Cc6ccccc6)c6ccccc65)ccc4)c4ccccc4)ccc3c3cc(C(C)(C)C)ccc32)c1.[Pt]. The van der Waals surface area contributed by atoms with Gasteiger partial charge in [0.1, 0.15) is 5.82 Å². The molecule has 0 atom stereocenters. The molecule has 57 heavy (non-hydrogen) atoms. The third-order valence-electron chi connectivity index (χ3n) is 10.8. The van der Waals surface area contributed by atoms with Gasteiger partial charge in [-0.15, -0.1) is 41.4 Å². The minimum absolute atomic E-state index is 0. The van der Waals surface area contributed by atoms with Crippen molar-refractivity contribution in [3.63, 3.8) is 0 Å². The summed E-state index contributed by atoms with van der Waals surface area (Å²) in [7, 11) is 0. The van der Waals surface area contributed by atoms with Crippen molar-refractivity contribution in [3.05, 3.63) is 187 Å². The molecule has 0 saturated carbocycles. The molecule has 0 aliphatic carbocycles. The van der Waals surface area contributed by atoms with Gasteiger partial charge in [-0.3, -0.25) is 0 Å². The third kappa shape index (κ3) is 7.26. The average molecular weight is 924 g/mol. The Kier molecular flexibility index (Phi) is 10.1. The number of aromatic nitrogens is 2. The van der Waals surface area contributed by atoms with Gasteiger partial charge < -0.3 is 19.3 Å². The van der Waals surface area contributed by atoms with Gasteiger partial charge in [-0.05, 0) is 75.4 Å². The summed E-state index contributed by atoms with van der Waals surface area (Å²) in [6.45, 7) is 16.5. The van der Waals surface area contributed by atoms with Crippen LogP contribution >= 0.6 is 0 Å². The molecule has 0 N–H and O–H groups in total. The van der Waals surface area contributed by atoms with Crippen LogP contribution in [0.15, 0.2) is 152 Å². The molecule has 8 aromatic rings. The molecule has 2 aromatic heterocycles. The van der Waals surface area contributed by atoms with Gasteiger partial charge in [-0.25, -0.2) is 4.98 Å². The van der Waals surface area contributed by atoms with Gasteiger partial charge in [0.05, 0.1) is 0 Å². The Labute approximate surface area is 351 Å². The van der Waals surface area contributed by atoms with Crippen LogP contribution in [0.2, 0.25) is 0 Å². The molecule has 0 spiro atoms. The Balaban J connectivity index is 0.00000455. The average Bonchev–Trinajstić information content (AvgIpc) is 3.73. The van der Waals surface area contributed by atoms with Crippen LogP contribution < -0.4 is 14.7 Å². The van der Waals surface area contributed by atoms with E-state index in [2.05, 4.69) is 225 Å². The molecule has 0 radical (unpaired) electrons. The number of hydrogen-bond donors (Lipinski definition) is 0. The Morgan fingerprint density at radius 1 is 0.614 bits per heavy atom. The van der Waals surface area contributed by atoms with E-state index in [1.54, 1.807) is 0 Å². The zero-order valence-electron chi connectivity index (χ0n) is 33.3. The molecule has 1 aliphatic heterocycles. The second kappa shape index (κ2) is 15.0. The number of rotatable bonds is 7. The molecule has 0 amide bonds. The van der Waals surface area contributed by atoms with Gasteiger partial charge in [0.15, 0.2) is 0 Å². The van der Waals surface area contributed by atoms with E-state index in [1.165, 1.54) is 27.8 Å². The number of benzene rings is 6. The van der Waals surface area contributed by atoms with Crippen molar-refractivity contribution in [2.75, 3.05) is 14.7 Å². The monoisotopic (exact) mass is 923 g/mol. The normalized spacial score (nSPS) is 12.9. The van der Waals surface area contributed by atoms with Crippen LogP contribution in [0.3, 0.4) is 0 Å². The Morgan fingerprint density at radius 2 is 1.28 bits per heavy atom. The minimum atomic E-state index is -0.0262. The summed E-state index contributed by atoms with van der Waals surface area (Å²) in [5, 5.41) is 2.34. The van der Waals surface area contributed by atoms with Crippen LogP contribution in [0.1, 0.15) is 58.2 Å². The summed E-state index contributed by atoms with van der Waals surface area (Å²) in [5.74, 6) is 0.887. The third-order valence-corrected chi connectivity index (χ3v) is 10.8. The van der Waals surface area contributed by atoms with Crippen LogP contribution in [-0.4, -0.2) is 9.55 Å². The van der Waals surface area contributed by atoms with Crippen molar-refractivity contribution in [1.29, 1.82) is 0 Å². The van der Waals surface area contributed by atoms with E-state index in [0.717, 1.165) is 57.2 Å². The van der Waals surface area contributed by atoms with Crippen LogP contribution in [0.4, 0.5) is 34.1 Å². The van der Waals surface area contributed by atoms with Gasteiger partial charge in [0.25, 0.3) is 0 Å². The Hall–Kier alpha value is -5.64. The standard InChI is InChI=1S/C51H46N5.Pt/c1-50(2,3)37-24-27-45-44(30-37)43-26-25-42(33-48(43)56(45)49-31-38(28-29-52-49)51(4,5)6)55(39-18-11-8-12-19-39)41-21-15-20-40(32-41)54-35-53(34-36-16-9-7-10-17-36)46-22-13-14-23-47(46)54;/h7-31,35H,34H2,1-6H3;/q-3;. The summed E-state index contributed by atoms with van der Waals surface area (Å²) in [6.07, 6.45) is 1.94. The molecule has 288 valence electrons. The molecular formula is C51H46N5Pt-3. The predicted molar refractivity (Wildman–Crippen MR) is 234 cm³/mol. The second-order valence-electron chi connectivity index (χ2n) is 16.8. The van der Waals surface area contributed by atoms with E-state index in [0.29, 0.717) is 0 Å². The maximum absolute atomic E-state index is 4.97. The molecule has 3 heterocycles. The topological polar surface area (TPSA) is 27.5 Å². The largest absolute Gasteiger partial charge is 0.498 e. The summed E-state index contributed by atoms with van der Waals surface area (Å²) < 4.78 is 2.29. The first-order chi connectivity index (χ1) is 27.0.